The van der Waals surface area contributed by atoms with Crippen LogP contribution in [-0.4, -0.2) is 23.3 Å². The fourth-order valence-corrected chi connectivity index (χ4v) is 6.45. The van der Waals surface area contributed by atoms with Crippen molar-refractivity contribution >= 4 is 34.9 Å². The van der Waals surface area contributed by atoms with Crippen molar-refractivity contribution in [2.24, 2.45) is 5.92 Å². The maximum atomic E-state index is 3.82. The zero-order valence-corrected chi connectivity index (χ0v) is 12.6. The molecule has 0 amide bonds. The lowest BCUT2D eigenvalue weighted by molar-refractivity contribution is 0.434. The minimum Gasteiger partial charge on any atom is -0.310 e. The van der Waals surface area contributed by atoms with Gasteiger partial charge in [-0.05, 0) is 53.8 Å². The van der Waals surface area contributed by atoms with Crippen LogP contribution in [0.4, 0.5) is 0 Å². The van der Waals surface area contributed by atoms with Crippen molar-refractivity contribution in [1.82, 2.24) is 5.32 Å². The summed E-state index contributed by atoms with van der Waals surface area (Å²) in [7, 11) is 0. The Labute approximate surface area is 116 Å². The van der Waals surface area contributed by atoms with Crippen molar-refractivity contribution in [3.05, 3.63) is 17.0 Å². The summed E-state index contributed by atoms with van der Waals surface area (Å²) in [6, 6.07) is 2.93. The number of rotatable bonds is 3. The smallest absolute Gasteiger partial charge is 0.0649 e. The van der Waals surface area contributed by atoms with E-state index in [0.717, 1.165) is 11.2 Å². The molecule has 0 bridgehead atoms. The van der Waals surface area contributed by atoms with Crippen LogP contribution in [0.3, 0.4) is 0 Å². The number of thiophene rings is 1. The minimum absolute atomic E-state index is 0.609. The summed E-state index contributed by atoms with van der Waals surface area (Å²) in [5.41, 5.74) is 1.56. The molecule has 1 aromatic heterocycles. The topological polar surface area (TPSA) is 12.0 Å². The summed E-state index contributed by atoms with van der Waals surface area (Å²) in [5, 5.41) is 6.82. The maximum Gasteiger partial charge on any atom is 0.0649 e. The van der Waals surface area contributed by atoms with Crippen LogP contribution in [0, 0.1) is 5.92 Å². The second-order valence-electron chi connectivity index (χ2n) is 5.02. The van der Waals surface area contributed by atoms with E-state index in [4.69, 9.17) is 0 Å². The van der Waals surface area contributed by atoms with E-state index >= 15 is 0 Å². The third-order valence-electron chi connectivity index (χ3n) is 3.59. The van der Waals surface area contributed by atoms with Crippen LogP contribution in [0.15, 0.2) is 15.7 Å². The van der Waals surface area contributed by atoms with E-state index in [1.165, 1.54) is 30.9 Å². The van der Waals surface area contributed by atoms with Crippen molar-refractivity contribution in [1.29, 1.82) is 0 Å². The number of nitrogens with one attached hydrogen (secondary N) is 1. The van der Waals surface area contributed by atoms with Gasteiger partial charge in [0.05, 0.1) is 4.21 Å². The molecule has 17 heavy (non-hydrogen) atoms. The molecule has 4 heteroatoms. The van der Waals surface area contributed by atoms with Gasteiger partial charge in [0.2, 0.25) is 0 Å². The van der Waals surface area contributed by atoms with Gasteiger partial charge in [-0.1, -0.05) is 6.92 Å². The Kier molecular flexibility index (Phi) is 4.05. The van der Waals surface area contributed by atoms with Crippen molar-refractivity contribution in [2.45, 2.75) is 35.3 Å². The average molecular weight is 286 g/mol. The summed E-state index contributed by atoms with van der Waals surface area (Å²) in [6.07, 6.45) is 2.69. The van der Waals surface area contributed by atoms with Gasteiger partial charge in [0.25, 0.3) is 0 Å². The van der Waals surface area contributed by atoms with Crippen LogP contribution in [0.1, 0.15) is 31.4 Å². The van der Waals surface area contributed by atoms with E-state index in [-0.39, 0.29) is 0 Å². The van der Waals surface area contributed by atoms with Crippen molar-refractivity contribution in [2.75, 3.05) is 18.1 Å². The number of fused-ring (bicyclic) bond motifs is 1. The van der Waals surface area contributed by atoms with Crippen LogP contribution in [0.2, 0.25) is 0 Å². The predicted molar refractivity (Wildman–Crippen MR) is 80.4 cm³/mol. The van der Waals surface area contributed by atoms with Crippen LogP contribution in [-0.2, 0) is 0 Å². The molecular weight excluding hydrogens is 266 g/mol. The summed E-state index contributed by atoms with van der Waals surface area (Å²) in [6.45, 7) is 3.57. The second kappa shape index (κ2) is 5.55. The van der Waals surface area contributed by atoms with E-state index in [9.17, 15) is 0 Å². The number of thioether (sulfide) groups is 2. The lowest BCUT2D eigenvalue weighted by atomic mass is 10.0. The molecule has 94 valence electrons. The molecule has 1 aromatic rings. The van der Waals surface area contributed by atoms with Crippen molar-refractivity contribution in [3.8, 4) is 0 Å². The minimum atomic E-state index is 0.609. The molecule has 0 spiro atoms. The molecular formula is C13H19NS3. The van der Waals surface area contributed by atoms with Gasteiger partial charge in [-0.25, -0.2) is 0 Å². The molecule has 0 aliphatic carbocycles. The largest absolute Gasteiger partial charge is 0.310 e. The Morgan fingerprint density at radius 3 is 3.24 bits per heavy atom. The third-order valence-corrected chi connectivity index (χ3v) is 7.16. The molecule has 0 aromatic carbocycles. The van der Waals surface area contributed by atoms with Crippen LogP contribution in [0.5, 0.6) is 0 Å². The quantitative estimate of drug-likeness (QED) is 0.901. The Morgan fingerprint density at radius 2 is 2.41 bits per heavy atom. The standard InChI is InChI=1S/C13H19NS3/c1-9-6-12(11-3-5-16-13(11)17-9)14-7-10-2-4-15-8-10/h3,5,9-10,12,14H,2,4,6-8H2,1H3/t9-,10?,12?/m0/s1. The second-order valence-corrected chi connectivity index (χ2v) is 8.79. The monoisotopic (exact) mass is 285 g/mol. The van der Waals surface area contributed by atoms with Gasteiger partial charge in [0.1, 0.15) is 0 Å². The molecule has 1 nitrogen and oxygen atoms in total. The van der Waals surface area contributed by atoms with Gasteiger partial charge in [-0.15, -0.1) is 23.1 Å². The summed E-state index contributed by atoms with van der Waals surface area (Å²) in [4.78, 5) is 0. The van der Waals surface area contributed by atoms with Gasteiger partial charge in [0.15, 0.2) is 0 Å². The Bertz CT molecular complexity index is 370. The normalized spacial score (nSPS) is 32.6. The first-order valence-electron chi connectivity index (χ1n) is 6.38. The van der Waals surface area contributed by atoms with Gasteiger partial charge >= 0.3 is 0 Å². The lowest BCUT2D eigenvalue weighted by Crippen LogP contribution is -2.30. The fraction of sp³-hybridized carbons (Fsp3) is 0.692. The van der Waals surface area contributed by atoms with E-state index in [2.05, 4.69) is 47.2 Å². The van der Waals surface area contributed by atoms with E-state index in [1.54, 1.807) is 9.77 Å². The SMILES string of the molecule is C[C@H]1CC(NCC2CCSC2)c2ccsc2S1. The number of hydrogen-bond donors (Lipinski definition) is 1. The highest BCUT2D eigenvalue weighted by atomic mass is 32.2. The molecule has 3 heterocycles. The van der Waals surface area contributed by atoms with Gasteiger partial charge < -0.3 is 5.32 Å². The van der Waals surface area contributed by atoms with Gasteiger partial charge in [-0.3, -0.25) is 0 Å². The Morgan fingerprint density at radius 1 is 1.47 bits per heavy atom. The highest BCUT2D eigenvalue weighted by molar-refractivity contribution is 8.01. The molecule has 2 aliphatic heterocycles. The van der Waals surface area contributed by atoms with Crippen LogP contribution < -0.4 is 5.32 Å². The predicted octanol–water partition coefficient (Wildman–Crippen LogP) is 4.02. The number of hydrogen-bond acceptors (Lipinski definition) is 4. The van der Waals surface area contributed by atoms with Crippen LogP contribution in [0.25, 0.3) is 0 Å². The first-order valence-corrected chi connectivity index (χ1v) is 9.29. The third kappa shape index (κ3) is 2.86. The molecule has 0 saturated carbocycles. The first-order chi connectivity index (χ1) is 8.33. The Balaban J connectivity index is 1.63. The van der Waals surface area contributed by atoms with Gasteiger partial charge in [-0.2, -0.15) is 11.8 Å². The molecule has 1 fully saturated rings. The molecule has 0 radical (unpaired) electrons. The average Bonchev–Trinajstić information content (AvgIpc) is 2.95. The van der Waals surface area contributed by atoms with Gasteiger partial charge in [0, 0.05) is 11.3 Å². The summed E-state index contributed by atoms with van der Waals surface area (Å²) in [5.74, 6) is 3.64. The highest BCUT2D eigenvalue weighted by Crippen LogP contribution is 2.43. The lowest BCUT2D eigenvalue weighted by Gasteiger charge is -2.28. The maximum absolute atomic E-state index is 3.82. The summed E-state index contributed by atoms with van der Waals surface area (Å²) < 4.78 is 1.54. The highest BCUT2D eigenvalue weighted by Gasteiger charge is 2.27. The zero-order valence-electron chi connectivity index (χ0n) is 10.1. The van der Waals surface area contributed by atoms with E-state index < -0.39 is 0 Å². The van der Waals surface area contributed by atoms with Crippen molar-refractivity contribution < 1.29 is 0 Å². The van der Waals surface area contributed by atoms with E-state index in [1.807, 2.05) is 11.3 Å². The molecule has 3 rings (SSSR count). The van der Waals surface area contributed by atoms with Crippen LogP contribution >= 0.6 is 34.9 Å². The van der Waals surface area contributed by atoms with E-state index in [0.29, 0.717) is 6.04 Å². The first kappa shape index (κ1) is 12.4. The van der Waals surface area contributed by atoms with Crippen molar-refractivity contribution in [3.63, 3.8) is 0 Å². The molecule has 3 atom stereocenters. The zero-order chi connectivity index (χ0) is 11.7. The molecule has 1 N–H and O–H groups in total. The summed E-state index contributed by atoms with van der Waals surface area (Å²) >= 11 is 6.08. The molecule has 2 aliphatic rings. The Hall–Kier alpha value is 0.360. The molecule has 2 unspecified atom stereocenters. The fourth-order valence-electron chi connectivity index (χ4n) is 2.60. The molecule has 1 saturated heterocycles.